The Kier molecular flexibility index (Phi) is 13.8. The van der Waals surface area contributed by atoms with Gasteiger partial charge >= 0.3 is 29.6 Å². The maximum Gasteiger partial charge on any atom is 1.00 e. The molecule has 1 fully saturated rings. The standard InChI is InChI=1S/C5H10.CH3NS2.Na/c1-2-4-5-3-1;2-1(3)4;/h1-5H2;(H3,2,3,4);/q;;+1/p-1. The Morgan fingerprint density at radius 1 is 1.10 bits per heavy atom. The fourth-order valence-electron chi connectivity index (χ4n) is 0.884. The van der Waals surface area contributed by atoms with Crippen molar-refractivity contribution in [2.24, 2.45) is 5.73 Å². The summed E-state index contributed by atoms with van der Waals surface area (Å²) in [7, 11) is 0. The molecule has 0 aromatic heterocycles. The minimum absolute atomic E-state index is 0. The molecular formula is C6H12NNaS2. The maximum absolute atomic E-state index is 4.66. The van der Waals surface area contributed by atoms with Gasteiger partial charge in [0.25, 0.3) is 0 Å². The van der Waals surface area contributed by atoms with Crippen LogP contribution in [-0.4, -0.2) is 4.32 Å². The van der Waals surface area contributed by atoms with E-state index in [1.54, 1.807) is 0 Å². The van der Waals surface area contributed by atoms with Crippen molar-refractivity contribution < 1.29 is 29.6 Å². The van der Waals surface area contributed by atoms with Crippen molar-refractivity contribution in [3.63, 3.8) is 0 Å². The molecule has 1 saturated carbocycles. The molecule has 0 spiro atoms. The van der Waals surface area contributed by atoms with Gasteiger partial charge in [0.05, 0.1) is 0 Å². The van der Waals surface area contributed by atoms with Crippen molar-refractivity contribution in [1.82, 2.24) is 0 Å². The number of thiocarbonyl (C=S) groups is 1. The number of rotatable bonds is 0. The molecule has 0 saturated heterocycles. The van der Waals surface area contributed by atoms with Gasteiger partial charge in [-0.15, -0.1) is 0 Å². The molecule has 54 valence electrons. The molecule has 0 aromatic rings. The van der Waals surface area contributed by atoms with E-state index in [0.717, 1.165) is 0 Å². The molecule has 1 nitrogen and oxygen atoms in total. The zero-order chi connectivity index (χ0) is 7.11. The van der Waals surface area contributed by atoms with Gasteiger partial charge in [-0.05, 0) is 0 Å². The Morgan fingerprint density at radius 3 is 1.30 bits per heavy atom. The Balaban J connectivity index is 0. The van der Waals surface area contributed by atoms with Crippen LogP contribution >= 0.6 is 12.2 Å². The summed E-state index contributed by atoms with van der Waals surface area (Å²) in [4.78, 5) is 0. The molecule has 0 heterocycles. The van der Waals surface area contributed by atoms with Gasteiger partial charge < -0.3 is 30.6 Å². The third-order valence-electron chi connectivity index (χ3n) is 1.25. The molecule has 1 aliphatic carbocycles. The fraction of sp³-hybridized carbons (Fsp3) is 0.833. The van der Waals surface area contributed by atoms with E-state index in [1.807, 2.05) is 0 Å². The minimum Gasteiger partial charge on any atom is -0.415 e. The van der Waals surface area contributed by atoms with Crippen molar-refractivity contribution in [1.29, 1.82) is 0 Å². The van der Waals surface area contributed by atoms with Crippen molar-refractivity contribution in [3.8, 4) is 0 Å². The summed E-state index contributed by atoms with van der Waals surface area (Å²) in [5, 5.41) is 0. The molecule has 0 atom stereocenters. The molecule has 0 amide bonds. The summed E-state index contributed by atoms with van der Waals surface area (Å²) in [6.07, 6.45) is 7.50. The van der Waals surface area contributed by atoms with Crippen molar-refractivity contribution in [2.75, 3.05) is 0 Å². The smallest absolute Gasteiger partial charge is 0.415 e. The van der Waals surface area contributed by atoms with Crippen LogP contribution in [0.15, 0.2) is 0 Å². The summed E-state index contributed by atoms with van der Waals surface area (Å²) in [5.74, 6) is 0. The van der Waals surface area contributed by atoms with Crippen LogP contribution in [0.1, 0.15) is 32.1 Å². The first-order valence-electron chi connectivity index (χ1n) is 3.20. The average molecular weight is 185 g/mol. The number of hydrogen-bond donors (Lipinski definition) is 1. The quantitative estimate of drug-likeness (QED) is 0.289. The van der Waals surface area contributed by atoms with E-state index in [9.17, 15) is 0 Å². The Labute approximate surface area is 95.8 Å². The zero-order valence-electron chi connectivity index (χ0n) is 6.43. The molecule has 1 rings (SSSR count). The molecule has 0 bridgehead atoms. The summed E-state index contributed by atoms with van der Waals surface area (Å²) in [6.45, 7) is 0. The predicted molar refractivity (Wildman–Crippen MR) is 47.2 cm³/mol. The molecule has 0 aromatic carbocycles. The zero-order valence-corrected chi connectivity index (χ0v) is 10.1. The van der Waals surface area contributed by atoms with E-state index in [0.29, 0.717) is 0 Å². The van der Waals surface area contributed by atoms with E-state index in [1.165, 1.54) is 32.1 Å². The summed E-state index contributed by atoms with van der Waals surface area (Å²) in [5.41, 5.74) is 4.66. The first kappa shape index (κ1) is 13.7. The summed E-state index contributed by atoms with van der Waals surface area (Å²) >= 11 is 8.26. The van der Waals surface area contributed by atoms with E-state index in [2.05, 4.69) is 30.6 Å². The SMILES string of the molecule is C1CCCC1.NC(=S)[S-].[Na+]. The van der Waals surface area contributed by atoms with Gasteiger partial charge in [0.2, 0.25) is 0 Å². The van der Waals surface area contributed by atoms with Crippen molar-refractivity contribution in [3.05, 3.63) is 0 Å². The minimum atomic E-state index is 0. The molecule has 0 unspecified atom stereocenters. The summed E-state index contributed by atoms with van der Waals surface area (Å²) < 4.78 is 0.0833. The third kappa shape index (κ3) is 16.1. The second-order valence-corrected chi connectivity index (χ2v) is 3.22. The van der Waals surface area contributed by atoms with E-state index in [-0.39, 0.29) is 33.9 Å². The molecule has 0 radical (unpaired) electrons. The van der Waals surface area contributed by atoms with Crippen molar-refractivity contribution >= 4 is 29.2 Å². The second-order valence-electron chi connectivity index (χ2n) is 2.09. The first-order valence-corrected chi connectivity index (χ1v) is 4.01. The molecule has 1 aliphatic rings. The van der Waals surface area contributed by atoms with Gasteiger partial charge in [-0.25, -0.2) is 0 Å². The van der Waals surface area contributed by atoms with E-state index in [4.69, 9.17) is 0 Å². The Hall–Kier alpha value is 1.11. The van der Waals surface area contributed by atoms with Crippen LogP contribution in [0.3, 0.4) is 0 Å². The molecule has 0 aliphatic heterocycles. The normalized spacial score (nSPS) is 14.4. The van der Waals surface area contributed by atoms with Gasteiger partial charge in [0.15, 0.2) is 0 Å². The van der Waals surface area contributed by atoms with Gasteiger partial charge in [0, 0.05) is 0 Å². The van der Waals surface area contributed by atoms with Gasteiger partial charge in [-0.3, -0.25) is 0 Å². The van der Waals surface area contributed by atoms with Gasteiger partial charge in [-0.1, -0.05) is 36.4 Å². The van der Waals surface area contributed by atoms with Gasteiger partial charge in [0.1, 0.15) is 0 Å². The van der Waals surface area contributed by atoms with Crippen LogP contribution in [0.4, 0.5) is 0 Å². The fourth-order valence-corrected chi connectivity index (χ4v) is 0.884. The van der Waals surface area contributed by atoms with Crippen LogP contribution in [0.5, 0.6) is 0 Å². The summed E-state index contributed by atoms with van der Waals surface area (Å²) in [6, 6.07) is 0. The largest absolute Gasteiger partial charge is 1.00 e. The van der Waals surface area contributed by atoms with E-state index < -0.39 is 0 Å². The third-order valence-corrected chi connectivity index (χ3v) is 1.25. The average Bonchev–Trinajstić information content (AvgIpc) is 2.11. The van der Waals surface area contributed by atoms with E-state index >= 15 is 0 Å². The predicted octanol–water partition coefficient (Wildman–Crippen LogP) is -1.27. The molecular weight excluding hydrogens is 173 g/mol. The molecule has 2 N–H and O–H groups in total. The number of hydrogen-bond acceptors (Lipinski definition) is 2. The Morgan fingerprint density at radius 2 is 1.20 bits per heavy atom. The van der Waals surface area contributed by atoms with Crippen LogP contribution in [0, 0.1) is 0 Å². The van der Waals surface area contributed by atoms with Crippen LogP contribution < -0.4 is 35.3 Å². The monoisotopic (exact) mass is 185 g/mol. The second kappa shape index (κ2) is 10.1. The van der Waals surface area contributed by atoms with Crippen molar-refractivity contribution in [2.45, 2.75) is 32.1 Å². The van der Waals surface area contributed by atoms with Crippen LogP contribution in [-0.2, 0) is 12.6 Å². The maximum atomic E-state index is 4.66. The van der Waals surface area contributed by atoms with Crippen LogP contribution in [0.2, 0.25) is 0 Å². The molecule has 10 heavy (non-hydrogen) atoms. The topological polar surface area (TPSA) is 26.0 Å². The van der Waals surface area contributed by atoms with Crippen LogP contribution in [0.25, 0.3) is 0 Å². The Bertz CT molecular complexity index is 72.2. The van der Waals surface area contributed by atoms with Gasteiger partial charge in [-0.2, -0.15) is 0 Å². The molecule has 4 heteroatoms. The first-order chi connectivity index (χ1) is 4.23. The number of nitrogens with two attached hydrogens (primary N) is 1.